The number of methoxy groups -OCH3 is 1. The van der Waals surface area contributed by atoms with Crippen LogP contribution < -0.4 is 0 Å². The van der Waals surface area contributed by atoms with Crippen LogP contribution in [0.25, 0.3) is 0 Å². The van der Waals surface area contributed by atoms with E-state index in [4.69, 9.17) is 0 Å². The molecule has 1 N–H and O–H groups in total. The molecular weight excluding hydrogens is 240 g/mol. The molecule has 0 unspecified atom stereocenters. The molecule has 0 aromatic carbocycles. The van der Waals surface area contributed by atoms with Gasteiger partial charge in [-0.2, -0.15) is 0 Å². The third-order valence-corrected chi connectivity index (χ3v) is 3.52. The molecule has 0 aliphatic carbocycles. The Morgan fingerprint density at radius 3 is 1.89 bits per heavy atom. The van der Waals surface area contributed by atoms with Gasteiger partial charge in [0.05, 0.1) is 19.6 Å². The number of hydrogen-bond donors (Lipinski definition) is 1. The molecule has 0 saturated heterocycles. The number of rotatable bonds is 13. The quantitative estimate of drug-likeness (QED) is 0.403. The van der Waals surface area contributed by atoms with Crippen LogP contribution in [-0.2, 0) is 9.53 Å². The fraction of sp³-hybridized carbons (Fsp3) is 0.938. The zero-order valence-electron chi connectivity index (χ0n) is 12.8. The van der Waals surface area contributed by atoms with E-state index in [0.717, 1.165) is 12.8 Å². The van der Waals surface area contributed by atoms with Crippen molar-refractivity contribution in [2.45, 2.75) is 90.1 Å². The van der Waals surface area contributed by atoms with Crippen molar-refractivity contribution in [2.24, 2.45) is 0 Å². The minimum absolute atomic E-state index is 0.133. The summed E-state index contributed by atoms with van der Waals surface area (Å²) in [7, 11) is 1.36. The molecule has 0 spiro atoms. The van der Waals surface area contributed by atoms with E-state index < -0.39 is 6.10 Å². The van der Waals surface area contributed by atoms with E-state index in [0.29, 0.717) is 6.42 Å². The minimum atomic E-state index is -0.526. The summed E-state index contributed by atoms with van der Waals surface area (Å²) >= 11 is 0. The van der Waals surface area contributed by atoms with E-state index in [1.807, 2.05) is 0 Å². The standard InChI is InChI=1S/C16H32O3/c1-3-4-5-6-7-8-9-10-11-12-13-15(17)14-16(18)19-2/h15,17H,3-14H2,1-2H3/t15-/m1/s1. The molecule has 3 heteroatoms. The van der Waals surface area contributed by atoms with Gasteiger partial charge in [-0.05, 0) is 6.42 Å². The van der Waals surface area contributed by atoms with Gasteiger partial charge in [0.2, 0.25) is 0 Å². The molecule has 0 saturated carbocycles. The minimum Gasteiger partial charge on any atom is -0.469 e. The second kappa shape index (κ2) is 13.9. The smallest absolute Gasteiger partial charge is 0.308 e. The van der Waals surface area contributed by atoms with Gasteiger partial charge in [0, 0.05) is 0 Å². The van der Waals surface area contributed by atoms with Crippen molar-refractivity contribution >= 4 is 5.97 Å². The zero-order valence-corrected chi connectivity index (χ0v) is 12.8. The first-order valence-corrected chi connectivity index (χ1v) is 7.95. The highest BCUT2D eigenvalue weighted by atomic mass is 16.5. The van der Waals surface area contributed by atoms with E-state index >= 15 is 0 Å². The van der Waals surface area contributed by atoms with Crippen LogP contribution in [0, 0.1) is 0 Å². The number of hydrogen-bond acceptors (Lipinski definition) is 3. The Morgan fingerprint density at radius 2 is 1.42 bits per heavy atom. The molecule has 0 aromatic rings. The molecule has 0 heterocycles. The highest BCUT2D eigenvalue weighted by molar-refractivity contribution is 5.69. The number of unbranched alkanes of at least 4 members (excludes halogenated alkanes) is 9. The van der Waals surface area contributed by atoms with Crippen LogP contribution in [-0.4, -0.2) is 24.3 Å². The summed E-state index contributed by atoms with van der Waals surface area (Å²) in [4.78, 5) is 10.9. The third-order valence-electron chi connectivity index (χ3n) is 3.52. The SMILES string of the molecule is CCCCCCCCCCCC[C@@H](O)CC(=O)OC. The van der Waals surface area contributed by atoms with Crippen LogP contribution in [0.1, 0.15) is 84.0 Å². The van der Waals surface area contributed by atoms with Crippen molar-refractivity contribution in [1.82, 2.24) is 0 Å². The molecule has 114 valence electrons. The number of ether oxygens (including phenoxy) is 1. The van der Waals surface area contributed by atoms with Crippen LogP contribution in [0.5, 0.6) is 0 Å². The fourth-order valence-corrected chi connectivity index (χ4v) is 2.25. The maximum Gasteiger partial charge on any atom is 0.308 e. The molecule has 0 bridgehead atoms. The number of esters is 1. The molecule has 0 amide bonds. The first kappa shape index (κ1) is 18.4. The Bertz CT molecular complexity index is 204. The van der Waals surface area contributed by atoms with Gasteiger partial charge < -0.3 is 9.84 Å². The molecule has 0 aliphatic heterocycles. The second-order valence-electron chi connectivity index (χ2n) is 5.40. The summed E-state index contributed by atoms with van der Waals surface area (Å²) in [6.45, 7) is 2.24. The average molecular weight is 272 g/mol. The predicted octanol–water partition coefficient (Wildman–Crippen LogP) is 4.22. The lowest BCUT2D eigenvalue weighted by molar-refractivity contribution is -0.142. The number of carbonyl (C=O) groups excluding carboxylic acids is 1. The summed E-state index contributed by atoms with van der Waals surface area (Å²) in [5, 5.41) is 9.57. The van der Waals surface area contributed by atoms with Crippen LogP contribution in [0.2, 0.25) is 0 Å². The number of carbonyl (C=O) groups is 1. The average Bonchev–Trinajstić information content (AvgIpc) is 2.40. The van der Waals surface area contributed by atoms with Gasteiger partial charge in [0.15, 0.2) is 0 Å². The molecule has 1 atom stereocenters. The fourth-order valence-electron chi connectivity index (χ4n) is 2.25. The van der Waals surface area contributed by atoms with Gasteiger partial charge in [-0.1, -0.05) is 71.1 Å². The Morgan fingerprint density at radius 1 is 0.947 bits per heavy atom. The van der Waals surface area contributed by atoms with Crippen molar-refractivity contribution < 1.29 is 14.6 Å². The molecule has 0 aliphatic rings. The lowest BCUT2D eigenvalue weighted by atomic mass is 10.0. The lowest BCUT2D eigenvalue weighted by Gasteiger charge is -2.08. The molecule has 0 rings (SSSR count). The molecule has 19 heavy (non-hydrogen) atoms. The summed E-state index contributed by atoms with van der Waals surface area (Å²) in [6, 6.07) is 0. The van der Waals surface area contributed by atoms with E-state index in [-0.39, 0.29) is 12.4 Å². The van der Waals surface area contributed by atoms with Gasteiger partial charge in [-0.15, -0.1) is 0 Å². The Balaban J connectivity index is 3.16. The summed E-state index contributed by atoms with van der Waals surface area (Å²) in [5.41, 5.74) is 0. The van der Waals surface area contributed by atoms with Crippen LogP contribution in [0.15, 0.2) is 0 Å². The largest absolute Gasteiger partial charge is 0.469 e. The van der Waals surface area contributed by atoms with Gasteiger partial charge in [-0.3, -0.25) is 4.79 Å². The summed E-state index contributed by atoms with van der Waals surface area (Å²) in [6.07, 6.45) is 13.2. The van der Waals surface area contributed by atoms with Gasteiger partial charge >= 0.3 is 5.97 Å². The normalized spacial score (nSPS) is 12.4. The topological polar surface area (TPSA) is 46.5 Å². The lowest BCUT2D eigenvalue weighted by Crippen LogP contribution is -2.14. The predicted molar refractivity (Wildman–Crippen MR) is 79.1 cm³/mol. The van der Waals surface area contributed by atoms with E-state index in [2.05, 4.69) is 11.7 Å². The molecule has 0 aromatic heterocycles. The molecular formula is C16H32O3. The first-order chi connectivity index (χ1) is 9.20. The zero-order chi connectivity index (χ0) is 14.3. The first-order valence-electron chi connectivity index (χ1n) is 7.95. The number of aliphatic hydroxyl groups excluding tert-OH is 1. The van der Waals surface area contributed by atoms with E-state index in [1.165, 1.54) is 58.5 Å². The number of aliphatic hydroxyl groups is 1. The Hall–Kier alpha value is -0.570. The van der Waals surface area contributed by atoms with E-state index in [9.17, 15) is 9.90 Å². The van der Waals surface area contributed by atoms with E-state index in [1.54, 1.807) is 0 Å². The van der Waals surface area contributed by atoms with Gasteiger partial charge in [0.25, 0.3) is 0 Å². The van der Waals surface area contributed by atoms with Crippen molar-refractivity contribution in [3.8, 4) is 0 Å². The van der Waals surface area contributed by atoms with Crippen molar-refractivity contribution in [1.29, 1.82) is 0 Å². The van der Waals surface area contributed by atoms with Crippen molar-refractivity contribution in [2.75, 3.05) is 7.11 Å². The van der Waals surface area contributed by atoms with Crippen LogP contribution >= 0.6 is 0 Å². The van der Waals surface area contributed by atoms with Crippen molar-refractivity contribution in [3.05, 3.63) is 0 Å². The second-order valence-corrected chi connectivity index (χ2v) is 5.40. The summed E-state index contributed by atoms with van der Waals surface area (Å²) in [5.74, 6) is -0.320. The molecule has 0 fully saturated rings. The highest BCUT2D eigenvalue weighted by Gasteiger charge is 2.09. The molecule has 3 nitrogen and oxygen atoms in total. The maximum absolute atomic E-state index is 10.9. The Labute approximate surface area is 118 Å². The maximum atomic E-state index is 10.9. The molecule has 0 radical (unpaired) electrons. The summed E-state index contributed by atoms with van der Waals surface area (Å²) < 4.78 is 4.52. The highest BCUT2D eigenvalue weighted by Crippen LogP contribution is 2.12. The monoisotopic (exact) mass is 272 g/mol. The van der Waals surface area contributed by atoms with Crippen molar-refractivity contribution in [3.63, 3.8) is 0 Å². The Kier molecular flexibility index (Phi) is 13.4. The van der Waals surface area contributed by atoms with Gasteiger partial charge in [-0.25, -0.2) is 0 Å². The van der Waals surface area contributed by atoms with Gasteiger partial charge in [0.1, 0.15) is 0 Å². The van der Waals surface area contributed by atoms with Crippen LogP contribution in [0.3, 0.4) is 0 Å². The van der Waals surface area contributed by atoms with Crippen LogP contribution in [0.4, 0.5) is 0 Å². The third kappa shape index (κ3) is 13.7.